The molecule has 4 nitrogen and oxygen atoms in total. The molecule has 0 N–H and O–H groups in total. The van der Waals surface area contributed by atoms with Crippen molar-refractivity contribution in [3.05, 3.63) is 0 Å². The van der Waals surface area contributed by atoms with Crippen LogP contribution in [0.2, 0.25) is 0 Å². The number of carbonyl (C=O) groups excluding carboxylic acids is 2. The fourth-order valence-corrected chi connectivity index (χ4v) is 4.58. The lowest BCUT2D eigenvalue weighted by atomic mass is 9.74. The first-order chi connectivity index (χ1) is 14.8. The predicted molar refractivity (Wildman–Crippen MR) is 130 cm³/mol. The van der Waals surface area contributed by atoms with Crippen molar-refractivity contribution in [3.63, 3.8) is 0 Å². The monoisotopic (exact) mass is 440 g/mol. The van der Waals surface area contributed by atoms with E-state index in [1.807, 2.05) is 13.8 Å². The van der Waals surface area contributed by atoms with Crippen molar-refractivity contribution in [2.24, 2.45) is 23.7 Å². The fraction of sp³-hybridized carbons (Fsp3) is 0.926. The van der Waals surface area contributed by atoms with Crippen LogP contribution in [0, 0.1) is 23.7 Å². The lowest BCUT2D eigenvalue weighted by Crippen LogP contribution is -2.33. The smallest absolute Gasteiger partial charge is 0.309 e. The normalized spacial score (nSPS) is 13.4. The van der Waals surface area contributed by atoms with Gasteiger partial charge in [-0.15, -0.1) is 0 Å². The summed E-state index contributed by atoms with van der Waals surface area (Å²) in [6, 6.07) is 0. The molecule has 0 spiro atoms. The lowest BCUT2D eigenvalue weighted by molar-refractivity contribution is -0.153. The van der Waals surface area contributed by atoms with Crippen molar-refractivity contribution in [1.82, 2.24) is 0 Å². The Labute approximate surface area is 193 Å². The third-order valence-corrected chi connectivity index (χ3v) is 6.32. The van der Waals surface area contributed by atoms with Gasteiger partial charge in [-0.1, -0.05) is 91.9 Å². The summed E-state index contributed by atoms with van der Waals surface area (Å²) < 4.78 is 10.3. The average Bonchev–Trinajstić information content (AvgIpc) is 2.70. The first kappa shape index (κ1) is 29.9. The molecule has 0 aromatic carbocycles. The van der Waals surface area contributed by atoms with Crippen molar-refractivity contribution in [3.8, 4) is 0 Å². The maximum absolute atomic E-state index is 12.5. The van der Waals surface area contributed by atoms with E-state index in [0.29, 0.717) is 37.4 Å². The molecule has 0 amide bonds. The molecule has 0 aliphatic carbocycles. The van der Waals surface area contributed by atoms with E-state index >= 15 is 0 Å². The van der Waals surface area contributed by atoms with Crippen LogP contribution in [0.1, 0.15) is 125 Å². The molecule has 2 unspecified atom stereocenters. The van der Waals surface area contributed by atoms with Crippen LogP contribution in [0.3, 0.4) is 0 Å². The fourth-order valence-electron chi connectivity index (χ4n) is 4.58. The molecule has 31 heavy (non-hydrogen) atoms. The van der Waals surface area contributed by atoms with E-state index in [1.165, 1.54) is 57.8 Å². The minimum Gasteiger partial charge on any atom is -0.466 e. The second kappa shape index (κ2) is 19.6. The Hall–Kier alpha value is -1.06. The van der Waals surface area contributed by atoms with Crippen molar-refractivity contribution in [2.75, 3.05) is 13.2 Å². The molecule has 0 radical (unpaired) electrons. The minimum absolute atomic E-state index is 0.00269. The molecule has 0 aliphatic heterocycles. The zero-order valence-electron chi connectivity index (χ0n) is 21.5. The molecule has 0 saturated carbocycles. The standard InChI is InChI=1S/C27H52O4/c1-7-30-25(28)21-19-17-15-13-11-9-10-12-14-16-18-20-24(22(3)4)26(23(5)6)27(29)31-8-2/h22-24,26H,7-21H2,1-6H3. The van der Waals surface area contributed by atoms with Gasteiger partial charge in [0.25, 0.3) is 0 Å². The molecular weight excluding hydrogens is 388 g/mol. The molecule has 0 heterocycles. The maximum Gasteiger partial charge on any atom is 0.309 e. The van der Waals surface area contributed by atoms with E-state index in [2.05, 4.69) is 27.7 Å². The van der Waals surface area contributed by atoms with Crippen LogP contribution in [-0.4, -0.2) is 25.2 Å². The lowest BCUT2D eigenvalue weighted by Gasteiger charge is -2.31. The summed E-state index contributed by atoms with van der Waals surface area (Å²) in [5.74, 6) is 1.23. The summed E-state index contributed by atoms with van der Waals surface area (Å²) in [4.78, 5) is 23.7. The van der Waals surface area contributed by atoms with Crippen LogP contribution >= 0.6 is 0 Å². The highest BCUT2D eigenvalue weighted by Gasteiger charge is 2.33. The summed E-state index contributed by atoms with van der Waals surface area (Å²) in [5.41, 5.74) is 0. The van der Waals surface area contributed by atoms with Crippen LogP contribution in [-0.2, 0) is 19.1 Å². The van der Waals surface area contributed by atoms with Gasteiger partial charge in [-0.3, -0.25) is 9.59 Å². The molecule has 0 rings (SSSR count). The third-order valence-electron chi connectivity index (χ3n) is 6.32. The molecule has 4 heteroatoms. The van der Waals surface area contributed by atoms with Gasteiger partial charge in [0.15, 0.2) is 0 Å². The molecule has 0 fully saturated rings. The van der Waals surface area contributed by atoms with Gasteiger partial charge in [0, 0.05) is 6.42 Å². The van der Waals surface area contributed by atoms with E-state index in [-0.39, 0.29) is 17.9 Å². The van der Waals surface area contributed by atoms with Gasteiger partial charge in [-0.05, 0) is 44.4 Å². The van der Waals surface area contributed by atoms with Gasteiger partial charge in [0.2, 0.25) is 0 Å². The van der Waals surface area contributed by atoms with Crippen molar-refractivity contribution in [2.45, 2.75) is 125 Å². The first-order valence-electron chi connectivity index (χ1n) is 13.2. The number of hydrogen-bond acceptors (Lipinski definition) is 4. The Balaban J connectivity index is 3.81. The number of carbonyl (C=O) groups is 2. The summed E-state index contributed by atoms with van der Waals surface area (Å²) in [6.45, 7) is 13.5. The second-order valence-corrected chi connectivity index (χ2v) is 9.66. The van der Waals surface area contributed by atoms with Crippen molar-refractivity contribution < 1.29 is 19.1 Å². The number of unbranched alkanes of at least 4 members (excludes halogenated alkanes) is 10. The van der Waals surface area contributed by atoms with Crippen LogP contribution in [0.15, 0.2) is 0 Å². The molecule has 184 valence electrons. The molecule has 2 atom stereocenters. The highest BCUT2D eigenvalue weighted by atomic mass is 16.5. The Morgan fingerprint density at radius 2 is 1.06 bits per heavy atom. The van der Waals surface area contributed by atoms with Gasteiger partial charge in [0.1, 0.15) is 0 Å². The van der Waals surface area contributed by atoms with E-state index < -0.39 is 0 Å². The van der Waals surface area contributed by atoms with Crippen molar-refractivity contribution in [1.29, 1.82) is 0 Å². The largest absolute Gasteiger partial charge is 0.466 e. The molecule has 0 aromatic heterocycles. The molecular formula is C27H52O4. The van der Waals surface area contributed by atoms with E-state index in [1.54, 1.807) is 0 Å². The van der Waals surface area contributed by atoms with E-state index in [4.69, 9.17) is 9.47 Å². The number of esters is 2. The zero-order chi connectivity index (χ0) is 23.5. The van der Waals surface area contributed by atoms with Gasteiger partial charge < -0.3 is 9.47 Å². The van der Waals surface area contributed by atoms with Crippen molar-refractivity contribution >= 4 is 11.9 Å². The van der Waals surface area contributed by atoms with Gasteiger partial charge in [-0.25, -0.2) is 0 Å². The Morgan fingerprint density at radius 3 is 1.48 bits per heavy atom. The van der Waals surface area contributed by atoms with Crippen LogP contribution in [0.4, 0.5) is 0 Å². The summed E-state index contributed by atoms with van der Waals surface area (Å²) in [7, 11) is 0. The zero-order valence-corrected chi connectivity index (χ0v) is 21.5. The second-order valence-electron chi connectivity index (χ2n) is 9.66. The van der Waals surface area contributed by atoms with Crippen LogP contribution < -0.4 is 0 Å². The Kier molecular flexibility index (Phi) is 18.9. The highest BCUT2D eigenvalue weighted by molar-refractivity contribution is 5.73. The molecule has 0 bridgehead atoms. The topological polar surface area (TPSA) is 52.6 Å². The van der Waals surface area contributed by atoms with Gasteiger partial charge >= 0.3 is 11.9 Å². The summed E-state index contributed by atoms with van der Waals surface area (Å²) in [5, 5.41) is 0. The quantitative estimate of drug-likeness (QED) is 0.143. The van der Waals surface area contributed by atoms with Gasteiger partial charge in [-0.2, -0.15) is 0 Å². The first-order valence-corrected chi connectivity index (χ1v) is 13.2. The number of hydrogen-bond donors (Lipinski definition) is 0. The molecule has 0 aromatic rings. The molecule has 0 saturated heterocycles. The average molecular weight is 441 g/mol. The third kappa shape index (κ3) is 15.4. The summed E-state index contributed by atoms with van der Waals surface area (Å²) >= 11 is 0. The maximum atomic E-state index is 12.5. The van der Waals surface area contributed by atoms with Gasteiger partial charge in [0.05, 0.1) is 19.1 Å². The summed E-state index contributed by atoms with van der Waals surface area (Å²) in [6.07, 6.45) is 15.4. The van der Waals surface area contributed by atoms with Crippen LogP contribution in [0.5, 0.6) is 0 Å². The van der Waals surface area contributed by atoms with E-state index in [0.717, 1.165) is 19.3 Å². The SMILES string of the molecule is CCOC(=O)CCCCCCCCCCCCCC(C(C)C)C(C(=O)OCC)C(C)C. The number of rotatable bonds is 20. The molecule has 0 aliphatic rings. The Bertz CT molecular complexity index is 445. The highest BCUT2D eigenvalue weighted by Crippen LogP contribution is 2.33. The predicted octanol–water partition coefficient (Wildman–Crippen LogP) is 7.73. The number of ether oxygens (including phenoxy) is 2. The minimum atomic E-state index is -0.0529. The Morgan fingerprint density at radius 1 is 0.613 bits per heavy atom. The van der Waals surface area contributed by atoms with E-state index in [9.17, 15) is 9.59 Å². The van der Waals surface area contributed by atoms with Crippen LogP contribution in [0.25, 0.3) is 0 Å².